The van der Waals surface area contributed by atoms with Crippen LogP contribution in [0.5, 0.6) is 0 Å². The zero-order valence-corrected chi connectivity index (χ0v) is 17.5. The van der Waals surface area contributed by atoms with Crippen LogP contribution in [-0.4, -0.2) is 29.8 Å². The highest BCUT2D eigenvalue weighted by Gasteiger charge is 2.27. The van der Waals surface area contributed by atoms with Crippen molar-refractivity contribution in [3.8, 4) is 10.4 Å². The van der Waals surface area contributed by atoms with Gasteiger partial charge in [0.05, 0.1) is 0 Å². The Kier molecular flexibility index (Phi) is 6.40. The summed E-state index contributed by atoms with van der Waals surface area (Å²) in [5, 5.41) is 5.14. The largest absolute Gasteiger partial charge is 0.339 e. The summed E-state index contributed by atoms with van der Waals surface area (Å²) in [6.45, 7) is 1.20. The number of thiophene rings is 1. The SMILES string of the molecule is O=C(Nc1ccccc1-c1cccs1)C1CCN(C(=O)/C=C/c2ccccc2)CC1. The van der Waals surface area contributed by atoms with Gasteiger partial charge in [0, 0.05) is 41.2 Å². The number of amides is 2. The summed E-state index contributed by atoms with van der Waals surface area (Å²) in [5.74, 6) is -0.0461. The van der Waals surface area contributed by atoms with Crippen LogP contribution in [0.25, 0.3) is 16.5 Å². The molecule has 4 nitrogen and oxygen atoms in total. The molecule has 1 aliphatic rings. The first kappa shape index (κ1) is 20.1. The Labute approximate surface area is 180 Å². The van der Waals surface area contributed by atoms with Crippen molar-refractivity contribution in [3.05, 3.63) is 83.7 Å². The Bertz CT molecular complexity index is 1020. The molecule has 0 atom stereocenters. The summed E-state index contributed by atoms with van der Waals surface area (Å²) in [5.41, 5.74) is 2.89. The molecule has 0 radical (unpaired) electrons. The summed E-state index contributed by atoms with van der Waals surface area (Å²) in [4.78, 5) is 28.3. The van der Waals surface area contributed by atoms with E-state index in [1.165, 1.54) is 0 Å². The van der Waals surface area contributed by atoms with E-state index in [0.717, 1.165) is 21.7 Å². The molecule has 0 aliphatic carbocycles. The van der Waals surface area contributed by atoms with Crippen molar-refractivity contribution in [2.75, 3.05) is 18.4 Å². The van der Waals surface area contributed by atoms with Crippen molar-refractivity contribution in [2.24, 2.45) is 5.92 Å². The fourth-order valence-corrected chi connectivity index (χ4v) is 4.44. The predicted molar refractivity (Wildman–Crippen MR) is 123 cm³/mol. The number of nitrogens with zero attached hydrogens (tertiary/aromatic N) is 1. The van der Waals surface area contributed by atoms with Crippen LogP contribution in [0.3, 0.4) is 0 Å². The number of hydrogen-bond acceptors (Lipinski definition) is 3. The maximum Gasteiger partial charge on any atom is 0.246 e. The smallest absolute Gasteiger partial charge is 0.246 e. The molecule has 2 aromatic carbocycles. The van der Waals surface area contributed by atoms with E-state index in [-0.39, 0.29) is 17.7 Å². The Hall–Kier alpha value is -3.18. The van der Waals surface area contributed by atoms with Crippen LogP contribution in [0.1, 0.15) is 18.4 Å². The number of carbonyl (C=O) groups is 2. The van der Waals surface area contributed by atoms with Gasteiger partial charge in [-0.25, -0.2) is 0 Å². The maximum absolute atomic E-state index is 12.9. The van der Waals surface area contributed by atoms with Gasteiger partial charge in [-0.1, -0.05) is 54.6 Å². The lowest BCUT2D eigenvalue weighted by Crippen LogP contribution is -2.40. The molecule has 0 unspecified atom stereocenters. The lowest BCUT2D eigenvalue weighted by Gasteiger charge is -2.30. The standard InChI is InChI=1S/C25H24N2O2S/c28-24(13-12-19-7-2-1-3-8-19)27-16-14-20(15-17-27)25(29)26-22-10-5-4-9-21(22)23-11-6-18-30-23/h1-13,18,20H,14-17H2,(H,26,29)/b13-12+. The first-order valence-electron chi connectivity index (χ1n) is 10.2. The van der Waals surface area contributed by atoms with Gasteiger partial charge in [-0.2, -0.15) is 0 Å². The Balaban J connectivity index is 1.33. The van der Waals surface area contributed by atoms with Gasteiger partial charge in [-0.3, -0.25) is 9.59 Å². The number of likely N-dealkylation sites (tertiary alicyclic amines) is 1. The van der Waals surface area contributed by atoms with Crippen LogP contribution >= 0.6 is 11.3 Å². The van der Waals surface area contributed by atoms with E-state index < -0.39 is 0 Å². The summed E-state index contributed by atoms with van der Waals surface area (Å²) < 4.78 is 0. The summed E-state index contributed by atoms with van der Waals surface area (Å²) in [7, 11) is 0. The monoisotopic (exact) mass is 416 g/mol. The van der Waals surface area contributed by atoms with E-state index in [0.29, 0.717) is 25.9 Å². The first-order valence-corrected chi connectivity index (χ1v) is 11.0. The van der Waals surface area contributed by atoms with Crippen LogP contribution in [-0.2, 0) is 9.59 Å². The van der Waals surface area contributed by atoms with Crippen molar-refractivity contribution in [1.29, 1.82) is 0 Å². The zero-order valence-electron chi connectivity index (χ0n) is 16.7. The second kappa shape index (κ2) is 9.55. The van der Waals surface area contributed by atoms with Crippen molar-refractivity contribution in [2.45, 2.75) is 12.8 Å². The molecule has 4 rings (SSSR count). The molecule has 1 fully saturated rings. The highest BCUT2D eigenvalue weighted by molar-refractivity contribution is 7.13. The average molecular weight is 417 g/mol. The quantitative estimate of drug-likeness (QED) is 0.574. The van der Waals surface area contributed by atoms with Crippen molar-refractivity contribution < 1.29 is 9.59 Å². The third kappa shape index (κ3) is 4.86. The first-order chi connectivity index (χ1) is 14.7. The molecule has 2 heterocycles. The number of rotatable bonds is 5. The van der Waals surface area contributed by atoms with Crippen molar-refractivity contribution in [1.82, 2.24) is 4.90 Å². The summed E-state index contributed by atoms with van der Waals surface area (Å²) in [6.07, 6.45) is 4.81. The number of piperidine rings is 1. The molecule has 5 heteroatoms. The van der Waals surface area contributed by atoms with E-state index in [1.54, 1.807) is 17.4 Å². The van der Waals surface area contributed by atoms with E-state index in [9.17, 15) is 9.59 Å². The van der Waals surface area contributed by atoms with Crippen LogP contribution in [0.4, 0.5) is 5.69 Å². The second-order valence-electron chi connectivity index (χ2n) is 7.36. The number of carbonyl (C=O) groups excluding carboxylic acids is 2. The third-order valence-corrected chi connectivity index (χ3v) is 6.27. The summed E-state index contributed by atoms with van der Waals surface area (Å²) in [6, 6.07) is 21.7. The minimum Gasteiger partial charge on any atom is -0.339 e. The number of benzene rings is 2. The van der Waals surface area contributed by atoms with Crippen LogP contribution in [0.15, 0.2) is 78.2 Å². The van der Waals surface area contributed by atoms with E-state index in [4.69, 9.17) is 0 Å². The minimum absolute atomic E-state index is 0.000697. The van der Waals surface area contributed by atoms with E-state index in [2.05, 4.69) is 11.4 Å². The Morgan fingerprint density at radius 3 is 2.40 bits per heavy atom. The van der Waals surface area contributed by atoms with Gasteiger partial charge in [0.25, 0.3) is 0 Å². The molecule has 0 bridgehead atoms. The van der Waals surface area contributed by atoms with Gasteiger partial charge in [0.2, 0.25) is 11.8 Å². The summed E-state index contributed by atoms with van der Waals surface area (Å²) >= 11 is 1.66. The topological polar surface area (TPSA) is 49.4 Å². The van der Waals surface area contributed by atoms with E-state index >= 15 is 0 Å². The van der Waals surface area contributed by atoms with E-state index in [1.807, 2.05) is 77.0 Å². The third-order valence-electron chi connectivity index (χ3n) is 5.37. The van der Waals surface area contributed by atoms with Gasteiger partial charge in [0.1, 0.15) is 0 Å². The number of para-hydroxylation sites is 1. The highest BCUT2D eigenvalue weighted by Crippen LogP contribution is 2.32. The lowest BCUT2D eigenvalue weighted by molar-refractivity contribution is -0.130. The van der Waals surface area contributed by atoms with Crippen LogP contribution < -0.4 is 5.32 Å². The number of hydrogen-bond donors (Lipinski definition) is 1. The normalized spacial score (nSPS) is 14.7. The molecule has 3 aromatic rings. The Morgan fingerprint density at radius 2 is 1.67 bits per heavy atom. The molecule has 0 saturated carbocycles. The molecule has 30 heavy (non-hydrogen) atoms. The Morgan fingerprint density at radius 1 is 0.933 bits per heavy atom. The van der Waals surface area contributed by atoms with Gasteiger partial charge < -0.3 is 10.2 Å². The number of anilines is 1. The zero-order chi connectivity index (χ0) is 20.8. The molecular formula is C25H24N2O2S. The molecule has 0 spiro atoms. The molecule has 2 amide bonds. The van der Waals surface area contributed by atoms with Gasteiger partial charge >= 0.3 is 0 Å². The minimum atomic E-state index is -0.0801. The van der Waals surface area contributed by atoms with Crippen LogP contribution in [0.2, 0.25) is 0 Å². The second-order valence-corrected chi connectivity index (χ2v) is 8.30. The average Bonchev–Trinajstić information content (AvgIpc) is 3.33. The lowest BCUT2D eigenvalue weighted by atomic mass is 9.95. The molecule has 1 aliphatic heterocycles. The number of nitrogens with one attached hydrogen (secondary N) is 1. The maximum atomic E-state index is 12.9. The molecule has 1 aromatic heterocycles. The molecule has 152 valence electrons. The van der Waals surface area contributed by atoms with Gasteiger partial charge in [-0.15, -0.1) is 11.3 Å². The highest BCUT2D eigenvalue weighted by atomic mass is 32.1. The molecule has 1 saturated heterocycles. The fraction of sp³-hybridized carbons (Fsp3) is 0.200. The molecular weight excluding hydrogens is 392 g/mol. The van der Waals surface area contributed by atoms with Gasteiger partial charge in [-0.05, 0) is 42.0 Å². The van der Waals surface area contributed by atoms with Crippen LogP contribution in [0, 0.1) is 5.92 Å². The fourth-order valence-electron chi connectivity index (χ4n) is 3.67. The van der Waals surface area contributed by atoms with Gasteiger partial charge in [0.15, 0.2) is 0 Å². The van der Waals surface area contributed by atoms with Crippen molar-refractivity contribution >= 4 is 34.9 Å². The predicted octanol–water partition coefficient (Wildman–Crippen LogP) is 5.31. The van der Waals surface area contributed by atoms with Crippen molar-refractivity contribution in [3.63, 3.8) is 0 Å². The molecule has 1 N–H and O–H groups in total.